The molecular weight excluding hydrogens is 248 g/mol. The van der Waals surface area contributed by atoms with Crippen LogP contribution >= 0.6 is 0 Å². The summed E-state index contributed by atoms with van der Waals surface area (Å²) in [5.41, 5.74) is 0.988. The van der Waals surface area contributed by atoms with E-state index >= 15 is 0 Å². The molecule has 0 aliphatic carbocycles. The maximum atomic E-state index is 10.7. The topological polar surface area (TPSA) is 83.7 Å². The maximum absolute atomic E-state index is 10.7. The number of nitro benzene ring substituents is 1. The molecule has 6 nitrogen and oxygen atoms in total. The fourth-order valence-corrected chi connectivity index (χ4v) is 1.68. The highest BCUT2D eigenvalue weighted by molar-refractivity contribution is 5.69. The van der Waals surface area contributed by atoms with Gasteiger partial charge in [0.1, 0.15) is 0 Å². The van der Waals surface area contributed by atoms with E-state index in [-0.39, 0.29) is 12.2 Å². The van der Waals surface area contributed by atoms with Crippen molar-refractivity contribution in [2.75, 3.05) is 19.6 Å². The van der Waals surface area contributed by atoms with Crippen LogP contribution in [0.1, 0.15) is 5.56 Å². The van der Waals surface area contributed by atoms with Crippen molar-refractivity contribution in [1.29, 1.82) is 0 Å². The summed E-state index contributed by atoms with van der Waals surface area (Å²) in [6, 6.07) is 6.27. The van der Waals surface area contributed by atoms with Crippen molar-refractivity contribution < 1.29 is 14.8 Å². The molecule has 0 radical (unpaired) electrons. The lowest BCUT2D eigenvalue weighted by molar-refractivity contribution is -0.384. The van der Waals surface area contributed by atoms with E-state index in [2.05, 4.69) is 6.58 Å². The average Bonchev–Trinajstić information content (AvgIpc) is 2.36. The molecule has 0 saturated carbocycles. The first-order valence-corrected chi connectivity index (χ1v) is 5.81. The van der Waals surface area contributed by atoms with Gasteiger partial charge in [-0.2, -0.15) is 0 Å². The molecular formula is C13H16N2O4. The molecule has 1 aromatic rings. The number of nitrogens with zero attached hydrogens (tertiary/aromatic N) is 2. The summed E-state index contributed by atoms with van der Waals surface area (Å²) >= 11 is 0. The van der Waals surface area contributed by atoms with Gasteiger partial charge in [0, 0.05) is 25.2 Å². The highest BCUT2D eigenvalue weighted by atomic mass is 16.6. The van der Waals surface area contributed by atoms with Crippen LogP contribution in [0.5, 0.6) is 0 Å². The van der Waals surface area contributed by atoms with E-state index in [1.807, 2.05) is 0 Å². The minimum atomic E-state index is -0.884. The van der Waals surface area contributed by atoms with Crippen LogP contribution in [0.15, 0.2) is 36.9 Å². The number of nitro groups is 1. The zero-order chi connectivity index (χ0) is 14.3. The smallest absolute Gasteiger partial charge is 0.317 e. The van der Waals surface area contributed by atoms with Crippen LogP contribution in [-0.2, 0) is 11.2 Å². The van der Waals surface area contributed by atoms with Crippen molar-refractivity contribution in [1.82, 2.24) is 4.90 Å². The number of hydrogen-bond donors (Lipinski definition) is 1. The Kier molecular flexibility index (Phi) is 5.69. The van der Waals surface area contributed by atoms with E-state index < -0.39 is 10.9 Å². The first-order valence-electron chi connectivity index (χ1n) is 5.81. The predicted molar refractivity (Wildman–Crippen MR) is 71.1 cm³/mol. The summed E-state index contributed by atoms with van der Waals surface area (Å²) in [4.78, 5) is 22.5. The monoisotopic (exact) mass is 264 g/mol. The van der Waals surface area contributed by atoms with E-state index in [0.29, 0.717) is 19.5 Å². The quantitative estimate of drug-likeness (QED) is 0.439. The molecule has 0 aliphatic heterocycles. The van der Waals surface area contributed by atoms with E-state index in [1.54, 1.807) is 23.1 Å². The van der Waals surface area contributed by atoms with Crippen LogP contribution in [0, 0.1) is 10.1 Å². The van der Waals surface area contributed by atoms with Crippen molar-refractivity contribution in [3.05, 3.63) is 52.6 Å². The van der Waals surface area contributed by atoms with Gasteiger partial charge in [-0.25, -0.2) is 0 Å². The third kappa shape index (κ3) is 5.31. The number of carboxylic acid groups (broad SMARTS) is 1. The van der Waals surface area contributed by atoms with Gasteiger partial charge in [-0.15, -0.1) is 6.58 Å². The fraction of sp³-hybridized carbons (Fsp3) is 0.308. The Hall–Kier alpha value is -2.21. The standard InChI is InChI=1S/C13H16N2O4/c1-2-8-14(10-13(16)17)9-7-11-3-5-12(6-4-11)15(18)19/h2-6H,1,7-10H2,(H,16,17). The minimum Gasteiger partial charge on any atom is -0.480 e. The average molecular weight is 264 g/mol. The Balaban J connectivity index is 2.55. The van der Waals surface area contributed by atoms with Gasteiger partial charge in [0.05, 0.1) is 11.5 Å². The lowest BCUT2D eigenvalue weighted by Crippen LogP contribution is -2.31. The fourth-order valence-electron chi connectivity index (χ4n) is 1.68. The first kappa shape index (κ1) is 14.8. The molecule has 0 bridgehead atoms. The summed E-state index contributed by atoms with van der Waals surface area (Å²) < 4.78 is 0. The molecule has 0 aliphatic rings. The van der Waals surface area contributed by atoms with E-state index in [1.165, 1.54) is 12.1 Å². The van der Waals surface area contributed by atoms with Gasteiger partial charge in [-0.3, -0.25) is 19.8 Å². The summed E-state index contributed by atoms with van der Waals surface area (Å²) in [5, 5.41) is 19.3. The number of rotatable bonds is 8. The van der Waals surface area contributed by atoms with Gasteiger partial charge >= 0.3 is 5.97 Å². The first-order chi connectivity index (χ1) is 9.02. The highest BCUT2D eigenvalue weighted by Crippen LogP contribution is 2.12. The number of carboxylic acids is 1. The molecule has 0 spiro atoms. The van der Waals surface area contributed by atoms with E-state index in [9.17, 15) is 14.9 Å². The number of hydrogen-bond acceptors (Lipinski definition) is 4. The molecule has 0 unspecified atom stereocenters. The molecule has 0 heterocycles. The summed E-state index contributed by atoms with van der Waals surface area (Å²) in [7, 11) is 0. The Morgan fingerprint density at radius 1 is 1.42 bits per heavy atom. The van der Waals surface area contributed by atoms with Crippen molar-refractivity contribution >= 4 is 11.7 Å². The van der Waals surface area contributed by atoms with Crippen LogP contribution in [0.2, 0.25) is 0 Å². The van der Waals surface area contributed by atoms with E-state index in [4.69, 9.17) is 5.11 Å². The minimum absolute atomic E-state index is 0.0427. The zero-order valence-electron chi connectivity index (χ0n) is 10.5. The molecule has 0 amide bonds. The molecule has 1 rings (SSSR count). The van der Waals surface area contributed by atoms with Gasteiger partial charge in [0.15, 0.2) is 0 Å². The second-order valence-corrected chi connectivity index (χ2v) is 4.09. The van der Waals surface area contributed by atoms with Crippen molar-refractivity contribution in [2.24, 2.45) is 0 Å². The lowest BCUT2D eigenvalue weighted by Gasteiger charge is -2.17. The Bertz CT molecular complexity index is 456. The SMILES string of the molecule is C=CCN(CCc1ccc([N+](=O)[O-])cc1)CC(=O)O. The molecule has 0 saturated heterocycles. The van der Waals surface area contributed by atoms with Crippen LogP contribution < -0.4 is 0 Å². The number of aliphatic carboxylic acids is 1. The Morgan fingerprint density at radius 2 is 2.05 bits per heavy atom. The molecule has 0 fully saturated rings. The molecule has 6 heteroatoms. The van der Waals surface area contributed by atoms with Crippen molar-refractivity contribution in [3.8, 4) is 0 Å². The van der Waals surface area contributed by atoms with Gasteiger partial charge in [0.25, 0.3) is 5.69 Å². The van der Waals surface area contributed by atoms with Crippen LogP contribution in [0.3, 0.4) is 0 Å². The van der Waals surface area contributed by atoms with Gasteiger partial charge in [0.2, 0.25) is 0 Å². The third-order valence-corrected chi connectivity index (χ3v) is 2.61. The van der Waals surface area contributed by atoms with Crippen molar-refractivity contribution in [3.63, 3.8) is 0 Å². The van der Waals surface area contributed by atoms with Gasteiger partial charge in [-0.05, 0) is 12.0 Å². The highest BCUT2D eigenvalue weighted by Gasteiger charge is 2.09. The summed E-state index contributed by atoms with van der Waals surface area (Å²) in [6.07, 6.45) is 2.29. The predicted octanol–water partition coefficient (Wildman–Crippen LogP) is 1.71. The Morgan fingerprint density at radius 3 is 2.53 bits per heavy atom. The second-order valence-electron chi connectivity index (χ2n) is 4.09. The normalized spacial score (nSPS) is 10.4. The van der Waals surface area contributed by atoms with E-state index in [0.717, 1.165) is 5.56 Å². The Labute approximate surface area is 111 Å². The molecule has 0 atom stereocenters. The second kappa shape index (κ2) is 7.27. The zero-order valence-corrected chi connectivity index (χ0v) is 10.5. The molecule has 19 heavy (non-hydrogen) atoms. The van der Waals surface area contributed by atoms with Gasteiger partial charge < -0.3 is 5.11 Å². The van der Waals surface area contributed by atoms with Crippen LogP contribution in [0.4, 0.5) is 5.69 Å². The molecule has 1 N–H and O–H groups in total. The summed E-state index contributed by atoms with van der Waals surface area (Å²) in [5.74, 6) is -0.884. The van der Waals surface area contributed by atoms with Crippen molar-refractivity contribution in [2.45, 2.75) is 6.42 Å². The third-order valence-electron chi connectivity index (χ3n) is 2.61. The van der Waals surface area contributed by atoms with Crippen LogP contribution in [-0.4, -0.2) is 40.5 Å². The largest absolute Gasteiger partial charge is 0.480 e. The molecule has 102 valence electrons. The van der Waals surface area contributed by atoms with Gasteiger partial charge in [-0.1, -0.05) is 18.2 Å². The molecule has 1 aromatic carbocycles. The summed E-state index contributed by atoms with van der Waals surface area (Å²) in [6.45, 7) is 4.61. The van der Waals surface area contributed by atoms with Crippen LogP contribution in [0.25, 0.3) is 0 Å². The number of benzene rings is 1. The lowest BCUT2D eigenvalue weighted by atomic mass is 10.1. The molecule has 0 aromatic heterocycles. The number of non-ortho nitro benzene ring substituents is 1. The maximum Gasteiger partial charge on any atom is 0.317 e. The number of carbonyl (C=O) groups is 1.